The van der Waals surface area contributed by atoms with Gasteiger partial charge in [0.1, 0.15) is 18.8 Å². The molecule has 2 aliphatic rings. The van der Waals surface area contributed by atoms with E-state index in [-0.39, 0.29) is 12.3 Å². The SMILES string of the molecule is CC1(c2cccc(NC(=O)Cc3cc4c(cc3Br)OCCO4)c2)NC(=O)NC1=O. The van der Waals surface area contributed by atoms with E-state index in [9.17, 15) is 14.4 Å². The first kappa shape index (κ1) is 19.3. The van der Waals surface area contributed by atoms with Gasteiger partial charge in [0.2, 0.25) is 5.91 Å². The van der Waals surface area contributed by atoms with Crippen molar-refractivity contribution in [3.63, 3.8) is 0 Å². The van der Waals surface area contributed by atoms with Gasteiger partial charge in [0, 0.05) is 10.2 Å². The van der Waals surface area contributed by atoms with Gasteiger partial charge >= 0.3 is 6.03 Å². The number of hydrogen-bond donors (Lipinski definition) is 3. The summed E-state index contributed by atoms with van der Waals surface area (Å²) in [6.07, 6.45) is 0.121. The number of ether oxygens (including phenoxy) is 2. The summed E-state index contributed by atoms with van der Waals surface area (Å²) in [4.78, 5) is 36.2. The molecule has 0 radical (unpaired) electrons. The molecule has 0 aromatic heterocycles. The molecule has 29 heavy (non-hydrogen) atoms. The van der Waals surface area contributed by atoms with Crippen molar-refractivity contribution in [2.45, 2.75) is 18.9 Å². The van der Waals surface area contributed by atoms with Crippen LogP contribution < -0.4 is 25.4 Å². The number of hydrogen-bond acceptors (Lipinski definition) is 5. The zero-order chi connectivity index (χ0) is 20.6. The third-order valence-corrected chi connectivity index (χ3v) is 5.57. The summed E-state index contributed by atoms with van der Waals surface area (Å²) < 4.78 is 11.9. The molecule has 4 amide bonds. The topological polar surface area (TPSA) is 106 Å². The molecule has 2 aromatic rings. The van der Waals surface area contributed by atoms with Crippen molar-refractivity contribution in [3.05, 3.63) is 52.0 Å². The summed E-state index contributed by atoms with van der Waals surface area (Å²) in [6.45, 7) is 2.57. The van der Waals surface area contributed by atoms with Crippen LogP contribution in [0, 0.1) is 0 Å². The molecule has 2 aromatic carbocycles. The van der Waals surface area contributed by atoms with Crippen LogP contribution in [0.5, 0.6) is 11.5 Å². The van der Waals surface area contributed by atoms with Gasteiger partial charge in [0.25, 0.3) is 5.91 Å². The molecule has 9 heteroatoms. The number of benzene rings is 2. The lowest BCUT2D eigenvalue weighted by molar-refractivity contribution is -0.123. The van der Waals surface area contributed by atoms with E-state index in [1.165, 1.54) is 0 Å². The third kappa shape index (κ3) is 3.77. The smallest absolute Gasteiger partial charge is 0.322 e. The Labute approximate surface area is 175 Å². The summed E-state index contributed by atoms with van der Waals surface area (Å²) in [5.74, 6) is 0.584. The molecular formula is C20H18BrN3O5. The maximum atomic E-state index is 12.6. The molecule has 3 N–H and O–H groups in total. The Kier molecular flexibility index (Phi) is 4.91. The number of carbonyl (C=O) groups is 3. The molecule has 0 aliphatic carbocycles. The van der Waals surface area contributed by atoms with Crippen molar-refractivity contribution in [1.82, 2.24) is 10.6 Å². The van der Waals surface area contributed by atoms with E-state index in [0.29, 0.717) is 36.0 Å². The van der Waals surface area contributed by atoms with Gasteiger partial charge in [-0.05, 0) is 42.3 Å². The van der Waals surface area contributed by atoms with Gasteiger partial charge < -0.3 is 20.1 Å². The Hall–Kier alpha value is -3.07. The van der Waals surface area contributed by atoms with Crippen LogP contribution in [0.3, 0.4) is 0 Å². The molecule has 150 valence electrons. The molecule has 0 bridgehead atoms. The minimum Gasteiger partial charge on any atom is -0.486 e. The molecule has 0 spiro atoms. The molecular weight excluding hydrogens is 442 g/mol. The zero-order valence-corrected chi connectivity index (χ0v) is 17.1. The number of anilines is 1. The standard InChI is InChI=1S/C20H18BrN3O5/c1-20(18(26)23-19(27)24-20)12-3-2-4-13(9-12)22-17(25)8-11-7-15-16(10-14(11)21)29-6-5-28-15/h2-4,7,9-10H,5-6,8H2,1H3,(H,22,25)(H2,23,24,26,27). The number of amides is 4. The quantitative estimate of drug-likeness (QED) is 0.608. The number of imide groups is 1. The lowest BCUT2D eigenvalue weighted by atomic mass is 9.92. The van der Waals surface area contributed by atoms with E-state index in [1.54, 1.807) is 43.3 Å². The zero-order valence-electron chi connectivity index (χ0n) is 15.5. The molecule has 8 nitrogen and oxygen atoms in total. The summed E-state index contributed by atoms with van der Waals surface area (Å²) in [7, 11) is 0. The lowest BCUT2D eigenvalue weighted by Crippen LogP contribution is -2.40. The van der Waals surface area contributed by atoms with Crippen LogP contribution in [0.25, 0.3) is 0 Å². The van der Waals surface area contributed by atoms with Crippen LogP contribution in [-0.2, 0) is 21.5 Å². The molecule has 2 heterocycles. The number of carbonyl (C=O) groups excluding carboxylic acids is 3. The first-order chi connectivity index (χ1) is 13.8. The first-order valence-corrected chi connectivity index (χ1v) is 9.76. The van der Waals surface area contributed by atoms with Crippen molar-refractivity contribution in [1.29, 1.82) is 0 Å². The number of rotatable bonds is 4. The minimum atomic E-state index is -1.18. The lowest BCUT2D eigenvalue weighted by Gasteiger charge is -2.22. The molecule has 2 aliphatic heterocycles. The second kappa shape index (κ2) is 7.40. The predicted molar refractivity (Wildman–Crippen MR) is 108 cm³/mol. The largest absolute Gasteiger partial charge is 0.486 e. The van der Waals surface area contributed by atoms with E-state index in [2.05, 4.69) is 31.9 Å². The predicted octanol–water partition coefficient (Wildman–Crippen LogP) is 2.46. The molecule has 4 rings (SSSR count). The Morgan fingerprint density at radius 2 is 1.90 bits per heavy atom. The van der Waals surface area contributed by atoms with Crippen molar-refractivity contribution < 1.29 is 23.9 Å². The van der Waals surface area contributed by atoms with Crippen molar-refractivity contribution in [3.8, 4) is 11.5 Å². The fourth-order valence-electron chi connectivity index (χ4n) is 3.27. The van der Waals surface area contributed by atoms with Crippen molar-refractivity contribution >= 4 is 39.5 Å². The van der Waals surface area contributed by atoms with Crippen molar-refractivity contribution in [2.24, 2.45) is 0 Å². The Balaban J connectivity index is 1.50. The van der Waals surface area contributed by atoms with Gasteiger partial charge in [-0.25, -0.2) is 4.79 Å². The average Bonchev–Trinajstić information content (AvgIpc) is 2.95. The number of nitrogens with one attached hydrogen (secondary N) is 3. The molecule has 1 fully saturated rings. The maximum absolute atomic E-state index is 12.6. The van der Waals surface area contributed by atoms with Crippen molar-refractivity contribution in [2.75, 3.05) is 18.5 Å². The van der Waals surface area contributed by atoms with Gasteiger partial charge in [0.15, 0.2) is 11.5 Å². The molecule has 0 saturated carbocycles. The monoisotopic (exact) mass is 459 g/mol. The average molecular weight is 460 g/mol. The second-order valence-electron chi connectivity index (χ2n) is 6.93. The van der Waals surface area contributed by atoms with Crippen LogP contribution in [-0.4, -0.2) is 31.1 Å². The number of halogens is 1. The summed E-state index contributed by atoms with van der Waals surface area (Å²) in [5.41, 5.74) is 0.671. The second-order valence-corrected chi connectivity index (χ2v) is 7.78. The first-order valence-electron chi connectivity index (χ1n) is 8.97. The summed E-state index contributed by atoms with van der Waals surface area (Å²) in [5, 5.41) is 7.66. The Bertz CT molecular complexity index is 1030. The molecule has 1 atom stereocenters. The Morgan fingerprint density at radius 3 is 2.59 bits per heavy atom. The minimum absolute atomic E-state index is 0.121. The highest BCUT2D eigenvalue weighted by atomic mass is 79.9. The van der Waals surface area contributed by atoms with Crippen LogP contribution in [0.15, 0.2) is 40.9 Å². The van der Waals surface area contributed by atoms with E-state index in [4.69, 9.17) is 9.47 Å². The third-order valence-electron chi connectivity index (χ3n) is 4.83. The van der Waals surface area contributed by atoms with Crippen LogP contribution in [0.1, 0.15) is 18.1 Å². The van der Waals surface area contributed by atoms with E-state index < -0.39 is 17.5 Å². The van der Waals surface area contributed by atoms with Gasteiger partial charge in [-0.15, -0.1) is 0 Å². The van der Waals surface area contributed by atoms with E-state index in [1.807, 2.05) is 0 Å². The fourth-order valence-corrected chi connectivity index (χ4v) is 3.74. The highest BCUT2D eigenvalue weighted by Crippen LogP contribution is 2.36. The molecule has 1 unspecified atom stereocenters. The van der Waals surface area contributed by atoms with Crippen LogP contribution >= 0.6 is 15.9 Å². The normalized spacial score (nSPS) is 20.1. The van der Waals surface area contributed by atoms with Gasteiger partial charge in [0.05, 0.1) is 6.42 Å². The molecule has 1 saturated heterocycles. The van der Waals surface area contributed by atoms with Crippen LogP contribution in [0.4, 0.5) is 10.5 Å². The maximum Gasteiger partial charge on any atom is 0.322 e. The van der Waals surface area contributed by atoms with E-state index in [0.717, 1.165) is 10.0 Å². The van der Waals surface area contributed by atoms with Gasteiger partial charge in [-0.2, -0.15) is 0 Å². The van der Waals surface area contributed by atoms with Gasteiger partial charge in [-0.3, -0.25) is 14.9 Å². The fraction of sp³-hybridized carbons (Fsp3) is 0.250. The number of fused-ring (bicyclic) bond motifs is 1. The van der Waals surface area contributed by atoms with Crippen LogP contribution in [0.2, 0.25) is 0 Å². The Morgan fingerprint density at radius 1 is 1.17 bits per heavy atom. The highest BCUT2D eigenvalue weighted by molar-refractivity contribution is 9.10. The van der Waals surface area contributed by atoms with Gasteiger partial charge in [-0.1, -0.05) is 28.1 Å². The summed E-state index contributed by atoms with van der Waals surface area (Å²) >= 11 is 3.46. The summed E-state index contributed by atoms with van der Waals surface area (Å²) in [6, 6.07) is 9.86. The number of urea groups is 1. The highest BCUT2D eigenvalue weighted by Gasteiger charge is 2.43. The van der Waals surface area contributed by atoms with E-state index >= 15 is 0 Å².